The molecule has 0 aliphatic rings. The summed E-state index contributed by atoms with van der Waals surface area (Å²) in [6.07, 6.45) is 0. The molecule has 68 valence electrons. The van der Waals surface area contributed by atoms with E-state index in [9.17, 15) is 0 Å². The van der Waals surface area contributed by atoms with Crippen LogP contribution in [0.4, 0.5) is 0 Å². The molecule has 2 aromatic rings. The van der Waals surface area contributed by atoms with E-state index in [1.165, 1.54) is 9.75 Å². The zero-order valence-electron chi connectivity index (χ0n) is 6.54. The zero-order chi connectivity index (χ0) is 9.26. The molecule has 0 fully saturated rings. The highest BCUT2D eigenvalue weighted by atomic mass is 79.9. The van der Waals surface area contributed by atoms with Crippen molar-refractivity contribution in [1.29, 1.82) is 0 Å². The van der Waals surface area contributed by atoms with Crippen molar-refractivity contribution in [3.8, 4) is 0 Å². The lowest BCUT2D eigenvalue weighted by Crippen LogP contribution is -1.85. The molecule has 0 bridgehead atoms. The first-order chi connectivity index (χ1) is 6.29. The molecule has 0 spiro atoms. The third kappa shape index (κ3) is 1.99. The molecule has 0 nitrogen and oxygen atoms in total. The van der Waals surface area contributed by atoms with E-state index in [-0.39, 0.29) is 5.38 Å². The first kappa shape index (κ1) is 9.71. The average Bonchev–Trinajstić information content (AvgIpc) is 2.72. The maximum atomic E-state index is 6.31. The molecule has 0 amide bonds. The lowest BCUT2D eigenvalue weighted by atomic mass is 10.3. The Bertz CT molecular complexity index is 380. The van der Waals surface area contributed by atoms with E-state index in [4.69, 9.17) is 11.6 Å². The Morgan fingerprint density at radius 1 is 1.23 bits per heavy atom. The highest BCUT2D eigenvalue weighted by Gasteiger charge is 2.15. The molecule has 1 unspecified atom stereocenters. The van der Waals surface area contributed by atoms with Crippen LogP contribution in [0.2, 0.25) is 0 Å². The Morgan fingerprint density at radius 2 is 2.08 bits per heavy atom. The summed E-state index contributed by atoms with van der Waals surface area (Å²) in [5.74, 6) is 0. The summed E-state index contributed by atoms with van der Waals surface area (Å²) < 4.78 is 1.10. The van der Waals surface area contributed by atoms with Crippen LogP contribution < -0.4 is 0 Å². The molecule has 0 saturated carbocycles. The van der Waals surface area contributed by atoms with Crippen LogP contribution in [-0.4, -0.2) is 0 Å². The highest BCUT2D eigenvalue weighted by molar-refractivity contribution is 9.10. The summed E-state index contributed by atoms with van der Waals surface area (Å²) in [7, 11) is 0. The average molecular weight is 294 g/mol. The van der Waals surface area contributed by atoms with Crippen LogP contribution in [0.1, 0.15) is 15.1 Å². The molecule has 2 aromatic heterocycles. The van der Waals surface area contributed by atoms with Gasteiger partial charge in [-0.3, -0.25) is 0 Å². The predicted octanol–water partition coefficient (Wildman–Crippen LogP) is 4.90. The molecule has 2 heterocycles. The summed E-state index contributed by atoms with van der Waals surface area (Å²) in [5, 5.41) is 4.09. The molecule has 4 heteroatoms. The smallest absolute Gasteiger partial charge is 0.103 e. The SMILES string of the molecule is ClC(c1cccs1)c1sccc1Br. The fraction of sp³-hybridized carbons (Fsp3) is 0.111. The Kier molecular flexibility index (Phi) is 3.09. The van der Waals surface area contributed by atoms with Gasteiger partial charge in [-0.15, -0.1) is 34.3 Å². The number of halogens is 2. The van der Waals surface area contributed by atoms with Crippen molar-refractivity contribution in [2.45, 2.75) is 5.38 Å². The molecule has 1 atom stereocenters. The van der Waals surface area contributed by atoms with Gasteiger partial charge >= 0.3 is 0 Å². The minimum atomic E-state index is -0.00521. The second kappa shape index (κ2) is 4.13. The van der Waals surface area contributed by atoms with Gasteiger partial charge in [0.1, 0.15) is 5.38 Å². The van der Waals surface area contributed by atoms with Gasteiger partial charge in [0.05, 0.1) is 0 Å². The monoisotopic (exact) mass is 292 g/mol. The summed E-state index contributed by atoms with van der Waals surface area (Å²) >= 11 is 13.2. The summed E-state index contributed by atoms with van der Waals surface area (Å²) in [5.41, 5.74) is 0. The maximum Gasteiger partial charge on any atom is 0.103 e. The second-order valence-corrected chi connectivity index (χ2v) is 5.73. The molecule has 0 aliphatic carbocycles. The molecule has 0 aliphatic heterocycles. The van der Waals surface area contributed by atoms with Gasteiger partial charge in [0.25, 0.3) is 0 Å². The predicted molar refractivity (Wildman–Crippen MR) is 64.0 cm³/mol. The van der Waals surface area contributed by atoms with Crippen molar-refractivity contribution >= 4 is 50.2 Å². The molecule has 0 aromatic carbocycles. The van der Waals surface area contributed by atoms with Crippen LogP contribution in [-0.2, 0) is 0 Å². The van der Waals surface area contributed by atoms with Crippen molar-refractivity contribution < 1.29 is 0 Å². The van der Waals surface area contributed by atoms with Crippen LogP contribution in [0.25, 0.3) is 0 Å². The Balaban J connectivity index is 2.33. The molecule has 2 rings (SSSR count). The fourth-order valence-electron chi connectivity index (χ4n) is 1.05. The second-order valence-electron chi connectivity index (χ2n) is 2.51. The lowest BCUT2D eigenvalue weighted by molar-refractivity contribution is 1.23. The van der Waals surface area contributed by atoms with E-state index in [0.717, 1.165) is 4.47 Å². The van der Waals surface area contributed by atoms with E-state index in [1.807, 2.05) is 22.9 Å². The van der Waals surface area contributed by atoms with Gasteiger partial charge in [0.2, 0.25) is 0 Å². The van der Waals surface area contributed by atoms with Crippen molar-refractivity contribution in [2.75, 3.05) is 0 Å². The van der Waals surface area contributed by atoms with Crippen molar-refractivity contribution in [3.05, 3.63) is 43.2 Å². The number of hydrogen-bond donors (Lipinski definition) is 0. The molecule has 0 N–H and O–H groups in total. The maximum absolute atomic E-state index is 6.31. The van der Waals surface area contributed by atoms with Gasteiger partial charge in [0, 0.05) is 14.2 Å². The van der Waals surface area contributed by atoms with Gasteiger partial charge < -0.3 is 0 Å². The fourth-order valence-corrected chi connectivity index (χ4v) is 4.06. The summed E-state index contributed by atoms with van der Waals surface area (Å²) in [4.78, 5) is 2.38. The Labute approximate surface area is 98.3 Å². The number of alkyl halides is 1. The van der Waals surface area contributed by atoms with Crippen molar-refractivity contribution in [2.24, 2.45) is 0 Å². The van der Waals surface area contributed by atoms with Crippen LogP contribution >= 0.6 is 50.2 Å². The normalized spacial score (nSPS) is 13.1. The van der Waals surface area contributed by atoms with Gasteiger partial charge in [0.15, 0.2) is 0 Å². The first-order valence-corrected chi connectivity index (χ1v) is 6.68. The number of thiophene rings is 2. The van der Waals surface area contributed by atoms with Gasteiger partial charge in [-0.2, -0.15) is 0 Å². The minimum absolute atomic E-state index is 0.00521. The molecule has 0 saturated heterocycles. The highest BCUT2D eigenvalue weighted by Crippen LogP contribution is 2.38. The first-order valence-electron chi connectivity index (χ1n) is 3.69. The number of rotatable bonds is 2. The van der Waals surface area contributed by atoms with Crippen LogP contribution in [0.3, 0.4) is 0 Å². The molecule has 0 radical (unpaired) electrons. The molecular formula is C9H6BrClS2. The quantitative estimate of drug-likeness (QED) is 0.691. The largest absolute Gasteiger partial charge is 0.147 e. The van der Waals surface area contributed by atoms with E-state index >= 15 is 0 Å². The standard InChI is InChI=1S/C9H6BrClS2/c10-6-3-5-13-9(6)8(11)7-2-1-4-12-7/h1-5,8H. The minimum Gasteiger partial charge on any atom is -0.147 e. The Hall–Kier alpha value is 0.170. The van der Waals surface area contributed by atoms with E-state index < -0.39 is 0 Å². The van der Waals surface area contributed by atoms with Crippen molar-refractivity contribution in [1.82, 2.24) is 0 Å². The third-order valence-electron chi connectivity index (χ3n) is 1.67. The topological polar surface area (TPSA) is 0 Å². The molecular weight excluding hydrogens is 288 g/mol. The van der Waals surface area contributed by atoms with Crippen LogP contribution in [0.15, 0.2) is 33.4 Å². The van der Waals surface area contributed by atoms with Crippen LogP contribution in [0.5, 0.6) is 0 Å². The lowest BCUT2D eigenvalue weighted by Gasteiger charge is -2.04. The van der Waals surface area contributed by atoms with E-state index in [1.54, 1.807) is 22.7 Å². The zero-order valence-corrected chi connectivity index (χ0v) is 10.5. The van der Waals surface area contributed by atoms with Crippen LogP contribution in [0, 0.1) is 0 Å². The summed E-state index contributed by atoms with van der Waals surface area (Å²) in [6.45, 7) is 0. The Morgan fingerprint density at radius 3 is 2.62 bits per heavy atom. The van der Waals surface area contributed by atoms with Crippen molar-refractivity contribution in [3.63, 3.8) is 0 Å². The number of hydrogen-bond acceptors (Lipinski definition) is 2. The third-order valence-corrected chi connectivity index (χ3v) is 5.25. The van der Waals surface area contributed by atoms with Gasteiger partial charge in [-0.05, 0) is 38.8 Å². The summed E-state index contributed by atoms with van der Waals surface area (Å²) in [6, 6.07) is 6.12. The van der Waals surface area contributed by atoms with E-state index in [0.29, 0.717) is 0 Å². The van der Waals surface area contributed by atoms with Gasteiger partial charge in [-0.1, -0.05) is 6.07 Å². The van der Waals surface area contributed by atoms with Gasteiger partial charge in [-0.25, -0.2) is 0 Å². The molecule has 13 heavy (non-hydrogen) atoms. The van der Waals surface area contributed by atoms with E-state index in [2.05, 4.69) is 22.0 Å².